The van der Waals surface area contributed by atoms with Crippen molar-refractivity contribution in [3.05, 3.63) is 33.8 Å². The average molecular weight is 362 g/mol. The number of nitrogens with zero attached hydrogens (tertiary/aromatic N) is 1. The van der Waals surface area contributed by atoms with E-state index < -0.39 is 0 Å². The highest BCUT2D eigenvalue weighted by Crippen LogP contribution is 2.20. The quantitative estimate of drug-likeness (QED) is 0.677. The Hall–Kier alpha value is 0.300. The van der Waals surface area contributed by atoms with Crippen molar-refractivity contribution >= 4 is 48.0 Å². The molecule has 0 fully saturated rings. The summed E-state index contributed by atoms with van der Waals surface area (Å²) in [5.74, 6) is 0. The predicted octanol–water partition coefficient (Wildman–Crippen LogP) is 4.66. The van der Waals surface area contributed by atoms with Crippen LogP contribution in [0.3, 0.4) is 0 Å². The Kier molecular flexibility index (Phi) is 14.7. The van der Waals surface area contributed by atoms with Crippen molar-refractivity contribution in [2.45, 2.75) is 26.8 Å². The Morgan fingerprint density at radius 2 is 1.75 bits per heavy atom. The molecular weight excluding hydrogens is 338 g/mol. The number of hydrogen-bond donors (Lipinski definition) is 1. The van der Waals surface area contributed by atoms with Gasteiger partial charge in [-0.15, -0.1) is 24.8 Å². The highest BCUT2D eigenvalue weighted by Gasteiger charge is 2.01. The third kappa shape index (κ3) is 8.56. The van der Waals surface area contributed by atoms with Gasteiger partial charge in [0.25, 0.3) is 0 Å². The zero-order valence-corrected chi connectivity index (χ0v) is 15.1. The molecule has 1 aromatic carbocycles. The van der Waals surface area contributed by atoms with Crippen molar-refractivity contribution in [3.8, 4) is 0 Å². The zero-order chi connectivity index (χ0) is 13.4. The zero-order valence-electron chi connectivity index (χ0n) is 12.0. The minimum absolute atomic E-state index is 0. The van der Waals surface area contributed by atoms with Crippen molar-refractivity contribution in [1.29, 1.82) is 0 Å². The highest BCUT2D eigenvalue weighted by molar-refractivity contribution is 6.35. The van der Waals surface area contributed by atoms with Gasteiger partial charge in [-0.1, -0.05) is 43.1 Å². The van der Waals surface area contributed by atoms with Crippen molar-refractivity contribution < 1.29 is 0 Å². The fraction of sp³-hybridized carbons (Fsp3) is 0.571. The Morgan fingerprint density at radius 1 is 1.10 bits per heavy atom. The van der Waals surface area contributed by atoms with Gasteiger partial charge in [0.2, 0.25) is 0 Å². The van der Waals surface area contributed by atoms with Crippen LogP contribution in [0.15, 0.2) is 18.2 Å². The Balaban J connectivity index is 0. The van der Waals surface area contributed by atoms with E-state index in [4.69, 9.17) is 23.2 Å². The van der Waals surface area contributed by atoms with E-state index in [-0.39, 0.29) is 24.8 Å². The highest BCUT2D eigenvalue weighted by atomic mass is 35.5. The first-order valence-corrected chi connectivity index (χ1v) is 7.30. The molecule has 0 aliphatic carbocycles. The van der Waals surface area contributed by atoms with Crippen LogP contribution in [0.2, 0.25) is 10.0 Å². The molecule has 0 aliphatic heterocycles. The molecule has 0 amide bonds. The second-order valence-electron chi connectivity index (χ2n) is 4.29. The molecule has 0 atom stereocenters. The van der Waals surface area contributed by atoms with E-state index in [1.165, 1.54) is 0 Å². The van der Waals surface area contributed by atoms with Crippen molar-refractivity contribution in [1.82, 2.24) is 10.2 Å². The summed E-state index contributed by atoms with van der Waals surface area (Å²) in [6.07, 6.45) is 1.16. The summed E-state index contributed by atoms with van der Waals surface area (Å²) >= 11 is 12.0. The maximum absolute atomic E-state index is 6.10. The van der Waals surface area contributed by atoms with E-state index >= 15 is 0 Å². The van der Waals surface area contributed by atoms with Crippen LogP contribution in [0.25, 0.3) is 0 Å². The lowest BCUT2D eigenvalue weighted by Crippen LogP contribution is -2.27. The molecule has 0 saturated carbocycles. The molecule has 0 unspecified atom stereocenters. The molecule has 20 heavy (non-hydrogen) atoms. The van der Waals surface area contributed by atoms with Crippen LogP contribution in [0.4, 0.5) is 0 Å². The molecule has 1 N–H and O–H groups in total. The van der Waals surface area contributed by atoms with E-state index in [2.05, 4.69) is 24.1 Å². The largest absolute Gasteiger partial charge is 0.313 e. The van der Waals surface area contributed by atoms with Gasteiger partial charge < -0.3 is 10.2 Å². The van der Waals surface area contributed by atoms with Gasteiger partial charge >= 0.3 is 0 Å². The molecule has 2 nitrogen and oxygen atoms in total. The maximum Gasteiger partial charge on any atom is 0.0465 e. The molecular formula is C14H24Cl4N2. The van der Waals surface area contributed by atoms with E-state index in [1.807, 2.05) is 12.1 Å². The van der Waals surface area contributed by atoms with Gasteiger partial charge in [0, 0.05) is 16.6 Å². The minimum atomic E-state index is 0. The van der Waals surface area contributed by atoms with Crippen molar-refractivity contribution in [2.75, 3.05) is 26.2 Å². The summed E-state index contributed by atoms with van der Waals surface area (Å²) in [5.41, 5.74) is 1.10. The number of rotatable bonds is 8. The summed E-state index contributed by atoms with van der Waals surface area (Å²) in [6, 6.07) is 5.64. The number of nitrogens with one attached hydrogen (secondary N) is 1. The number of benzene rings is 1. The number of hydrogen-bond acceptors (Lipinski definition) is 2. The van der Waals surface area contributed by atoms with Gasteiger partial charge in [0.1, 0.15) is 0 Å². The lowest BCUT2D eigenvalue weighted by Gasteiger charge is -2.17. The third-order valence-corrected chi connectivity index (χ3v) is 3.64. The normalized spacial score (nSPS) is 10.1. The maximum atomic E-state index is 6.10. The van der Waals surface area contributed by atoms with Gasteiger partial charge in [-0.3, -0.25) is 0 Å². The Bertz CT molecular complexity index is 357. The molecule has 0 saturated heterocycles. The second kappa shape index (κ2) is 13.0. The molecule has 0 aliphatic rings. The van der Waals surface area contributed by atoms with E-state index in [9.17, 15) is 0 Å². The molecule has 0 aromatic heterocycles. The summed E-state index contributed by atoms with van der Waals surface area (Å²) in [7, 11) is 0. The number of halogens is 4. The molecule has 1 rings (SSSR count). The summed E-state index contributed by atoms with van der Waals surface area (Å²) < 4.78 is 0. The van der Waals surface area contributed by atoms with E-state index in [0.717, 1.165) is 49.7 Å². The first-order valence-electron chi connectivity index (χ1n) is 6.54. The monoisotopic (exact) mass is 360 g/mol. The summed E-state index contributed by atoms with van der Waals surface area (Å²) in [6.45, 7) is 9.60. The molecule has 6 heteroatoms. The topological polar surface area (TPSA) is 15.3 Å². The lowest BCUT2D eigenvalue weighted by molar-refractivity contribution is 0.298. The van der Waals surface area contributed by atoms with Crippen LogP contribution < -0.4 is 5.32 Å². The molecule has 0 radical (unpaired) electrons. The molecule has 118 valence electrons. The molecule has 0 heterocycles. The first-order chi connectivity index (χ1) is 8.67. The van der Waals surface area contributed by atoms with E-state index in [0.29, 0.717) is 5.02 Å². The van der Waals surface area contributed by atoms with E-state index in [1.54, 1.807) is 6.07 Å². The first kappa shape index (κ1) is 22.6. The predicted molar refractivity (Wildman–Crippen MR) is 95.1 cm³/mol. The van der Waals surface area contributed by atoms with Crippen molar-refractivity contribution in [3.63, 3.8) is 0 Å². The van der Waals surface area contributed by atoms with Gasteiger partial charge in [0.15, 0.2) is 0 Å². The fourth-order valence-corrected chi connectivity index (χ4v) is 2.33. The minimum Gasteiger partial charge on any atom is -0.313 e. The summed E-state index contributed by atoms with van der Waals surface area (Å²) in [5, 5.41) is 4.83. The van der Waals surface area contributed by atoms with Crippen LogP contribution in [0.5, 0.6) is 0 Å². The van der Waals surface area contributed by atoms with Crippen LogP contribution in [0.1, 0.15) is 25.8 Å². The van der Waals surface area contributed by atoms with Crippen LogP contribution >= 0.6 is 48.0 Å². The Morgan fingerprint density at radius 3 is 2.30 bits per heavy atom. The standard InChI is InChI=1S/C14H22Cl2N2.2ClH/c1-3-18(4-2)9-5-8-17-11-12-6-7-13(15)10-14(12)16;;/h6-7,10,17H,3-5,8-9,11H2,1-2H3;2*1H. The second-order valence-corrected chi connectivity index (χ2v) is 5.14. The van der Waals surface area contributed by atoms with Gasteiger partial charge in [0.05, 0.1) is 0 Å². The third-order valence-electron chi connectivity index (χ3n) is 3.05. The van der Waals surface area contributed by atoms with Crippen molar-refractivity contribution in [2.24, 2.45) is 0 Å². The smallest absolute Gasteiger partial charge is 0.0465 e. The molecule has 0 spiro atoms. The lowest BCUT2D eigenvalue weighted by atomic mass is 10.2. The SMILES string of the molecule is CCN(CC)CCCNCc1ccc(Cl)cc1Cl.Cl.Cl. The molecule has 1 aromatic rings. The van der Waals surface area contributed by atoms with Crippen LogP contribution in [-0.4, -0.2) is 31.1 Å². The van der Waals surface area contributed by atoms with Gasteiger partial charge in [-0.25, -0.2) is 0 Å². The average Bonchev–Trinajstić information content (AvgIpc) is 2.36. The fourth-order valence-electron chi connectivity index (χ4n) is 1.86. The van der Waals surface area contributed by atoms with Gasteiger partial charge in [-0.2, -0.15) is 0 Å². The van der Waals surface area contributed by atoms with Crippen LogP contribution in [-0.2, 0) is 6.54 Å². The summed E-state index contributed by atoms with van der Waals surface area (Å²) in [4.78, 5) is 2.43. The van der Waals surface area contributed by atoms with Gasteiger partial charge in [-0.05, 0) is 50.3 Å². The van der Waals surface area contributed by atoms with Crippen LogP contribution in [0, 0.1) is 0 Å². The molecule has 0 bridgehead atoms. The Labute approximate surface area is 145 Å².